The van der Waals surface area contributed by atoms with Crippen molar-refractivity contribution in [1.29, 1.82) is 0 Å². The summed E-state index contributed by atoms with van der Waals surface area (Å²) < 4.78 is 29.9. The van der Waals surface area contributed by atoms with Crippen LogP contribution < -0.4 is 4.90 Å². The fourth-order valence-electron chi connectivity index (χ4n) is 3.91. The molecule has 4 rings (SSSR count). The average molecular weight is 435 g/mol. The molecule has 0 bridgehead atoms. The van der Waals surface area contributed by atoms with Crippen LogP contribution in [0.4, 0.5) is 19.3 Å². The molecule has 1 aromatic carbocycles. The molecule has 1 N–H and O–H groups in total. The van der Waals surface area contributed by atoms with Gasteiger partial charge >= 0.3 is 6.03 Å². The van der Waals surface area contributed by atoms with Crippen molar-refractivity contribution >= 4 is 17.6 Å². The number of rotatable bonds is 3. The molecule has 2 aromatic heterocycles. The van der Waals surface area contributed by atoms with E-state index in [1.54, 1.807) is 24.5 Å². The number of H-pyrrole nitrogens is 1. The van der Waals surface area contributed by atoms with Crippen LogP contribution in [0.1, 0.15) is 36.5 Å². The molecule has 3 heterocycles. The monoisotopic (exact) mass is 435 g/mol. The highest BCUT2D eigenvalue weighted by Gasteiger charge is 2.49. The molecule has 9 heteroatoms. The van der Waals surface area contributed by atoms with Gasteiger partial charge < -0.3 is 4.90 Å². The number of hydrogen-bond donors (Lipinski definition) is 1. The van der Waals surface area contributed by atoms with Crippen molar-refractivity contribution in [3.8, 4) is 11.8 Å². The Hall–Kier alpha value is -4.06. The van der Waals surface area contributed by atoms with E-state index in [9.17, 15) is 18.4 Å². The van der Waals surface area contributed by atoms with E-state index in [4.69, 9.17) is 0 Å². The number of halogens is 2. The zero-order valence-corrected chi connectivity index (χ0v) is 17.4. The number of anilines is 1. The Morgan fingerprint density at radius 2 is 1.88 bits per heavy atom. The summed E-state index contributed by atoms with van der Waals surface area (Å²) in [6.07, 6.45) is 6.52. The highest BCUT2D eigenvalue weighted by molar-refractivity contribution is 6.16. The van der Waals surface area contributed by atoms with Gasteiger partial charge in [-0.15, -0.1) is 0 Å². The van der Waals surface area contributed by atoms with E-state index in [0.717, 1.165) is 12.1 Å². The van der Waals surface area contributed by atoms with Crippen LogP contribution in [0.25, 0.3) is 0 Å². The maximum absolute atomic E-state index is 14.9. The second kappa shape index (κ2) is 8.23. The van der Waals surface area contributed by atoms with Crippen LogP contribution in [0.15, 0.2) is 49.1 Å². The van der Waals surface area contributed by atoms with E-state index in [1.165, 1.54) is 24.3 Å². The summed E-state index contributed by atoms with van der Waals surface area (Å²) in [5, 5.41) is 6.58. The predicted molar refractivity (Wildman–Crippen MR) is 112 cm³/mol. The van der Waals surface area contributed by atoms with Crippen LogP contribution in [-0.4, -0.2) is 39.1 Å². The molecule has 0 aliphatic carbocycles. The lowest BCUT2D eigenvalue weighted by Crippen LogP contribution is -2.61. The van der Waals surface area contributed by atoms with Crippen LogP contribution in [0.3, 0.4) is 0 Å². The number of urea groups is 1. The molecule has 32 heavy (non-hydrogen) atoms. The van der Waals surface area contributed by atoms with E-state index < -0.39 is 34.8 Å². The molecule has 0 unspecified atom stereocenters. The van der Waals surface area contributed by atoms with E-state index in [1.807, 2.05) is 6.92 Å². The lowest BCUT2D eigenvalue weighted by molar-refractivity contribution is -0.122. The SMILES string of the molecule is CC[C@@]1(c2cn[nH]c2)CC(=O)N(c2c(F)cc(C#Cc3cccnc3)cc2F)C(=O)N1C. The second-order valence-corrected chi connectivity index (χ2v) is 7.40. The van der Waals surface area contributed by atoms with E-state index in [2.05, 4.69) is 27.0 Å². The quantitative estimate of drug-likeness (QED) is 0.638. The summed E-state index contributed by atoms with van der Waals surface area (Å²) in [7, 11) is 1.50. The summed E-state index contributed by atoms with van der Waals surface area (Å²) >= 11 is 0. The van der Waals surface area contributed by atoms with Crippen LogP contribution >= 0.6 is 0 Å². The van der Waals surface area contributed by atoms with Gasteiger partial charge in [-0.3, -0.25) is 14.9 Å². The Bertz CT molecular complexity index is 1210. The van der Waals surface area contributed by atoms with E-state index in [-0.39, 0.29) is 12.0 Å². The van der Waals surface area contributed by atoms with Gasteiger partial charge in [0.2, 0.25) is 5.91 Å². The normalized spacial score (nSPS) is 18.5. The number of nitrogens with one attached hydrogen (secondary N) is 1. The number of aromatic amines is 1. The molecule has 0 saturated carbocycles. The Balaban J connectivity index is 1.69. The standard InChI is InChI=1S/C23H19F2N5O2/c1-3-23(17-13-27-28-14-17)11-20(31)30(22(32)29(23)2)21-18(24)9-16(10-19(21)25)7-6-15-5-4-8-26-12-15/h4-5,8-10,12-14H,3,11H2,1-2H3,(H,27,28)/t23-/m0/s1. The summed E-state index contributed by atoms with van der Waals surface area (Å²) in [6, 6.07) is 4.58. The molecule has 1 aliphatic rings. The number of carbonyl (C=O) groups excluding carboxylic acids is 2. The van der Waals surface area contributed by atoms with Crippen LogP contribution in [0.2, 0.25) is 0 Å². The van der Waals surface area contributed by atoms with Crippen molar-refractivity contribution in [2.24, 2.45) is 0 Å². The summed E-state index contributed by atoms with van der Waals surface area (Å²) in [5.74, 6) is 2.62. The first kappa shape index (κ1) is 21.2. The van der Waals surface area contributed by atoms with Gasteiger partial charge in [0.05, 0.1) is 18.2 Å². The molecule has 3 amide bonds. The van der Waals surface area contributed by atoms with Crippen molar-refractivity contribution in [2.45, 2.75) is 25.3 Å². The summed E-state index contributed by atoms with van der Waals surface area (Å²) in [6.45, 7) is 1.83. The molecule has 162 valence electrons. The van der Waals surface area contributed by atoms with Gasteiger partial charge in [-0.25, -0.2) is 18.5 Å². The molecular formula is C23H19F2N5O2. The largest absolute Gasteiger partial charge is 0.332 e. The number of benzene rings is 1. The van der Waals surface area contributed by atoms with Gasteiger partial charge in [-0.1, -0.05) is 18.8 Å². The smallest absolute Gasteiger partial charge is 0.317 e. The third-order valence-corrected chi connectivity index (χ3v) is 5.69. The molecule has 1 atom stereocenters. The Morgan fingerprint density at radius 3 is 2.47 bits per heavy atom. The fraction of sp³-hybridized carbons (Fsp3) is 0.217. The van der Waals surface area contributed by atoms with Crippen LogP contribution in [0, 0.1) is 23.5 Å². The number of imide groups is 1. The Morgan fingerprint density at radius 1 is 1.16 bits per heavy atom. The summed E-state index contributed by atoms with van der Waals surface area (Å²) in [5.41, 5.74) is -0.379. The predicted octanol–water partition coefficient (Wildman–Crippen LogP) is 3.58. The first-order chi connectivity index (χ1) is 15.4. The number of amides is 3. The van der Waals surface area contributed by atoms with Gasteiger partial charge in [0, 0.05) is 42.3 Å². The minimum Gasteiger partial charge on any atom is -0.317 e. The third kappa shape index (κ3) is 3.50. The van der Waals surface area contributed by atoms with Crippen LogP contribution in [-0.2, 0) is 10.3 Å². The van der Waals surface area contributed by atoms with Gasteiger partial charge in [-0.2, -0.15) is 5.10 Å². The summed E-state index contributed by atoms with van der Waals surface area (Å²) in [4.78, 5) is 31.9. The minimum absolute atomic E-state index is 0.0687. The number of nitrogens with zero attached hydrogens (tertiary/aromatic N) is 4. The van der Waals surface area contributed by atoms with Crippen molar-refractivity contribution < 1.29 is 18.4 Å². The fourth-order valence-corrected chi connectivity index (χ4v) is 3.91. The molecule has 7 nitrogen and oxygen atoms in total. The number of pyridine rings is 1. The zero-order valence-electron chi connectivity index (χ0n) is 17.4. The molecule has 3 aromatic rings. The number of aromatic nitrogens is 3. The van der Waals surface area contributed by atoms with Crippen LogP contribution in [0.5, 0.6) is 0 Å². The average Bonchev–Trinajstić information content (AvgIpc) is 3.33. The highest BCUT2D eigenvalue weighted by atomic mass is 19.1. The lowest BCUT2D eigenvalue weighted by Gasteiger charge is -2.46. The maximum Gasteiger partial charge on any atom is 0.332 e. The van der Waals surface area contributed by atoms with E-state index in [0.29, 0.717) is 22.4 Å². The minimum atomic E-state index is -1.05. The molecule has 1 aliphatic heterocycles. The van der Waals surface area contributed by atoms with Gasteiger partial charge in [0.15, 0.2) is 11.6 Å². The van der Waals surface area contributed by atoms with Crippen molar-refractivity contribution in [3.05, 3.63) is 77.4 Å². The van der Waals surface area contributed by atoms with Crippen molar-refractivity contribution in [3.63, 3.8) is 0 Å². The van der Waals surface area contributed by atoms with Crippen molar-refractivity contribution in [2.75, 3.05) is 11.9 Å². The van der Waals surface area contributed by atoms with E-state index >= 15 is 0 Å². The molecular weight excluding hydrogens is 416 g/mol. The molecule has 1 saturated heterocycles. The van der Waals surface area contributed by atoms with Gasteiger partial charge in [0.1, 0.15) is 5.69 Å². The van der Waals surface area contributed by atoms with Gasteiger partial charge in [0.25, 0.3) is 0 Å². The molecule has 1 fully saturated rings. The first-order valence-corrected chi connectivity index (χ1v) is 9.88. The molecule has 0 radical (unpaired) electrons. The first-order valence-electron chi connectivity index (χ1n) is 9.88. The number of carbonyl (C=O) groups is 2. The highest BCUT2D eigenvalue weighted by Crippen LogP contribution is 2.41. The van der Waals surface area contributed by atoms with Crippen molar-refractivity contribution in [1.82, 2.24) is 20.1 Å². The van der Waals surface area contributed by atoms with Gasteiger partial charge in [-0.05, 0) is 30.7 Å². The lowest BCUT2D eigenvalue weighted by atomic mass is 9.82. The Kier molecular flexibility index (Phi) is 5.45. The maximum atomic E-state index is 14.9. The Labute approximate surface area is 183 Å². The molecule has 0 spiro atoms. The zero-order chi connectivity index (χ0) is 22.9. The second-order valence-electron chi connectivity index (χ2n) is 7.40. The number of hydrogen-bond acceptors (Lipinski definition) is 4. The third-order valence-electron chi connectivity index (χ3n) is 5.69. The topological polar surface area (TPSA) is 82.2 Å².